The fourth-order valence-corrected chi connectivity index (χ4v) is 7.54. The molecule has 1 atom stereocenters. The molecule has 66 heavy (non-hydrogen) atoms. The van der Waals surface area contributed by atoms with E-state index < -0.39 is 6.10 Å². The van der Waals surface area contributed by atoms with Gasteiger partial charge in [-0.05, 0) is 77.0 Å². The minimum atomic E-state index is -0.779. The molecule has 0 aromatic heterocycles. The number of allylic oxidation sites excluding steroid dienone is 14. The molecule has 0 aromatic carbocycles. The molecule has 0 amide bonds. The quantitative estimate of drug-likeness (QED) is 0.0262. The van der Waals surface area contributed by atoms with E-state index in [9.17, 15) is 14.4 Å². The summed E-state index contributed by atoms with van der Waals surface area (Å²) in [5.74, 6) is -0.899. The van der Waals surface area contributed by atoms with Crippen molar-refractivity contribution in [1.29, 1.82) is 0 Å². The second-order valence-electron chi connectivity index (χ2n) is 18.1. The monoisotopic (exact) mass is 919 g/mol. The number of esters is 3. The van der Waals surface area contributed by atoms with E-state index in [-0.39, 0.29) is 31.1 Å². The lowest BCUT2D eigenvalue weighted by molar-refractivity contribution is -0.167. The third-order valence-electron chi connectivity index (χ3n) is 11.7. The number of hydrogen-bond acceptors (Lipinski definition) is 6. The van der Waals surface area contributed by atoms with Gasteiger partial charge in [0.1, 0.15) is 13.2 Å². The predicted octanol–water partition coefficient (Wildman–Crippen LogP) is 18.4. The summed E-state index contributed by atoms with van der Waals surface area (Å²) in [7, 11) is 0. The van der Waals surface area contributed by atoms with Crippen LogP contribution in [0.2, 0.25) is 0 Å². The maximum Gasteiger partial charge on any atom is 0.306 e. The topological polar surface area (TPSA) is 78.9 Å². The van der Waals surface area contributed by atoms with E-state index in [4.69, 9.17) is 14.2 Å². The van der Waals surface area contributed by atoms with Crippen LogP contribution >= 0.6 is 0 Å². The number of carbonyl (C=O) groups excluding carboxylic acids is 3. The van der Waals surface area contributed by atoms with E-state index in [1.165, 1.54) is 96.3 Å². The number of ether oxygens (including phenoxy) is 3. The first-order valence-electron chi connectivity index (χ1n) is 27.6. The minimum Gasteiger partial charge on any atom is -0.462 e. The molecule has 0 saturated heterocycles. The van der Waals surface area contributed by atoms with Crippen LogP contribution < -0.4 is 0 Å². The zero-order valence-corrected chi connectivity index (χ0v) is 43.2. The average Bonchev–Trinajstić information content (AvgIpc) is 3.31. The lowest BCUT2D eigenvalue weighted by Crippen LogP contribution is -2.30. The van der Waals surface area contributed by atoms with Crippen molar-refractivity contribution in [1.82, 2.24) is 0 Å². The number of hydrogen-bond donors (Lipinski definition) is 0. The summed E-state index contributed by atoms with van der Waals surface area (Å²) in [6.07, 6.45) is 70.1. The van der Waals surface area contributed by atoms with Crippen LogP contribution in [-0.4, -0.2) is 37.2 Å². The molecule has 0 aliphatic rings. The van der Waals surface area contributed by atoms with Gasteiger partial charge in [-0.2, -0.15) is 0 Å². The van der Waals surface area contributed by atoms with Crippen molar-refractivity contribution in [3.8, 4) is 0 Å². The highest BCUT2D eigenvalue weighted by molar-refractivity contribution is 5.71. The summed E-state index contributed by atoms with van der Waals surface area (Å²) in [5.41, 5.74) is 0. The van der Waals surface area contributed by atoms with Crippen LogP contribution in [0.15, 0.2) is 85.1 Å². The molecule has 0 heterocycles. The van der Waals surface area contributed by atoms with Crippen molar-refractivity contribution < 1.29 is 28.6 Å². The largest absolute Gasteiger partial charge is 0.462 e. The molecular weight excluding hydrogens is 817 g/mol. The van der Waals surface area contributed by atoms with Crippen LogP contribution in [0, 0.1) is 0 Å². The number of rotatable bonds is 49. The van der Waals surface area contributed by atoms with Gasteiger partial charge < -0.3 is 14.2 Å². The highest BCUT2D eigenvalue weighted by atomic mass is 16.6. The zero-order valence-electron chi connectivity index (χ0n) is 43.2. The molecule has 0 radical (unpaired) electrons. The Hall–Kier alpha value is -3.41. The summed E-state index contributed by atoms with van der Waals surface area (Å²) in [4.78, 5) is 37.9. The first-order valence-corrected chi connectivity index (χ1v) is 27.6. The molecule has 0 bridgehead atoms. The average molecular weight is 919 g/mol. The van der Waals surface area contributed by atoms with E-state index in [1.807, 2.05) is 0 Å². The Morgan fingerprint density at radius 3 is 0.924 bits per heavy atom. The van der Waals surface area contributed by atoms with Crippen molar-refractivity contribution in [3.63, 3.8) is 0 Å². The molecule has 1 unspecified atom stereocenters. The maximum absolute atomic E-state index is 12.8. The molecule has 0 aliphatic carbocycles. The van der Waals surface area contributed by atoms with E-state index in [0.29, 0.717) is 19.3 Å². The van der Waals surface area contributed by atoms with Crippen LogP contribution in [0.1, 0.15) is 258 Å². The third kappa shape index (κ3) is 51.6. The summed E-state index contributed by atoms with van der Waals surface area (Å²) < 4.78 is 16.8. The Bertz CT molecular complexity index is 1290. The maximum atomic E-state index is 12.8. The Labute approximate surface area is 407 Å². The van der Waals surface area contributed by atoms with Crippen LogP contribution in [0.5, 0.6) is 0 Å². The van der Waals surface area contributed by atoms with Crippen molar-refractivity contribution >= 4 is 17.9 Å². The molecule has 378 valence electrons. The van der Waals surface area contributed by atoms with Crippen LogP contribution in [0.4, 0.5) is 0 Å². The Balaban J connectivity index is 4.26. The summed E-state index contributed by atoms with van der Waals surface area (Å²) in [5, 5.41) is 0. The first-order chi connectivity index (χ1) is 32.5. The van der Waals surface area contributed by atoms with E-state index in [1.54, 1.807) is 0 Å². The molecule has 0 spiro atoms. The molecule has 6 nitrogen and oxygen atoms in total. The molecule has 0 N–H and O–H groups in total. The summed E-state index contributed by atoms with van der Waals surface area (Å²) >= 11 is 0. The molecule has 0 aliphatic heterocycles. The summed E-state index contributed by atoms with van der Waals surface area (Å²) in [6, 6.07) is 0. The standard InChI is InChI=1S/C60H102O6/c1-4-7-10-13-16-19-21-23-24-25-26-27-28-29-30-31-32-33-34-35-36-37-39-41-44-47-50-53-59(62)65-56-57(55-64-58(61)52-49-46-43-40-18-15-12-9-6-3)66-60(63)54-51-48-45-42-38-22-20-17-14-11-8-5-2/h7,10,16,19,23-24,26-27,29-30,32-33,35-36,57H,4-6,8-9,11-15,17-18,20-22,25,28,31,34,37-56H2,1-3H3/b10-7-,19-16-,24-23-,27-26-,30-29-,33-32-,36-35-. The lowest BCUT2D eigenvalue weighted by Gasteiger charge is -2.18. The second kappa shape index (κ2) is 54.2. The van der Waals surface area contributed by atoms with Crippen LogP contribution in [0.3, 0.4) is 0 Å². The molecule has 0 saturated carbocycles. The lowest BCUT2D eigenvalue weighted by atomic mass is 10.0. The summed E-state index contributed by atoms with van der Waals surface area (Å²) in [6.45, 7) is 6.49. The molecule has 6 heteroatoms. The molecule has 0 rings (SSSR count). The van der Waals surface area contributed by atoms with Gasteiger partial charge >= 0.3 is 17.9 Å². The van der Waals surface area contributed by atoms with Gasteiger partial charge in [0.2, 0.25) is 0 Å². The van der Waals surface area contributed by atoms with E-state index in [2.05, 4.69) is 106 Å². The fourth-order valence-electron chi connectivity index (χ4n) is 7.54. The van der Waals surface area contributed by atoms with Gasteiger partial charge in [0.25, 0.3) is 0 Å². The molecule has 0 aromatic rings. The van der Waals surface area contributed by atoms with Crippen molar-refractivity contribution in [2.45, 2.75) is 264 Å². The van der Waals surface area contributed by atoms with Gasteiger partial charge in [-0.25, -0.2) is 0 Å². The normalized spacial score (nSPS) is 12.7. The van der Waals surface area contributed by atoms with Crippen molar-refractivity contribution in [3.05, 3.63) is 85.1 Å². The Kier molecular flexibility index (Phi) is 51.4. The predicted molar refractivity (Wildman–Crippen MR) is 284 cm³/mol. The first kappa shape index (κ1) is 62.6. The van der Waals surface area contributed by atoms with Gasteiger partial charge in [0, 0.05) is 19.3 Å². The zero-order chi connectivity index (χ0) is 47.9. The Morgan fingerprint density at radius 2 is 0.591 bits per heavy atom. The SMILES string of the molecule is CC/C=C\C/C=C\C/C=C\C/C=C\C/C=C\C/C=C\C/C=C\CCCCCCCC(=O)OCC(COC(=O)CCCCCCCCCCC)OC(=O)CCCCCCCCCCCCCC. The second-order valence-corrected chi connectivity index (χ2v) is 18.1. The Morgan fingerprint density at radius 1 is 0.318 bits per heavy atom. The van der Waals surface area contributed by atoms with Gasteiger partial charge in [-0.3, -0.25) is 14.4 Å². The van der Waals surface area contributed by atoms with Gasteiger partial charge in [0.15, 0.2) is 6.10 Å². The van der Waals surface area contributed by atoms with Crippen molar-refractivity contribution in [2.24, 2.45) is 0 Å². The van der Waals surface area contributed by atoms with E-state index >= 15 is 0 Å². The van der Waals surface area contributed by atoms with Gasteiger partial charge in [0.05, 0.1) is 0 Å². The smallest absolute Gasteiger partial charge is 0.306 e. The van der Waals surface area contributed by atoms with Gasteiger partial charge in [-0.15, -0.1) is 0 Å². The molecular formula is C60H102O6. The van der Waals surface area contributed by atoms with Crippen LogP contribution in [0.25, 0.3) is 0 Å². The highest BCUT2D eigenvalue weighted by Gasteiger charge is 2.19. The highest BCUT2D eigenvalue weighted by Crippen LogP contribution is 2.15. The van der Waals surface area contributed by atoms with Crippen molar-refractivity contribution in [2.75, 3.05) is 13.2 Å². The number of carbonyl (C=O) groups is 3. The van der Waals surface area contributed by atoms with Crippen LogP contribution in [-0.2, 0) is 28.6 Å². The minimum absolute atomic E-state index is 0.0798. The molecule has 0 fully saturated rings. The number of unbranched alkanes of at least 4 members (excludes halogenated alkanes) is 24. The fraction of sp³-hybridized carbons (Fsp3) is 0.717. The van der Waals surface area contributed by atoms with Gasteiger partial charge in [-0.1, -0.05) is 247 Å². The van der Waals surface area contributed by atoms with E-state index in [0.717, 1.165) is 122 Å². The third-order valence-corrected chi connectivity index (χ3v) is 11.7.